The number of furan rings is 1. The molecule has 1 aromatic carbocycles. The van der Waals surface area contributed by atoms with Gasteiger partial charge in [-0.2, -0.15) is 13.2 Å². The molecule has 31 heavy (non-hydrogen) atoms. The van der Waals surface area contributed by atoms with Crippen LogP contribution in [0.3, 0.4) is 0 Å². The minimum atomic E-state index is -4.40. The van der Waals surface area contributed by atoms with Gasteiger partial charge >= 0.3 is 12.1 Å². The Morgan fingerprint density at radius 2 is 1.84 bits per heavy atom. The van der Waals surface area contributed by atoms with Crippen molar-refractivity contribution >= 4 is 46.3 Å². The van der Waals surface area contributed by atoms with Gasteiger partial charge in [-0.3, -0.25) is 14.5 Å². The molecule has 1 saturated heterocycles. The number of aliphatic carboxylic acids is 1. The second-order valence-electron chi connectivity index (χ2n) is 6.81. The Kier molecular flexibility index (Phi) is 7.22. The van der Waals surface area contributed by atoms with Crippen molar-refractivity contribution in [3.8, 4) is 11.3 Å². The molecule has 0 atom stereocenters. The van der Waals surface area contributed by atoms with E-state index >= 15 is 0 Å². The largest absolute Gasteiger partial charge is 0.481 e. The predicted octanol–water partition coefficient (Wildman–Crippen LogP) is 5.81. The Balaban J connectivity index is 1.63. The Labute approximate surface area is 185 Å². The van der Waals surface area contributed by atoms with Gasteiger partial charge in [-0.15, -0.1) is 0 Å². The zero-order valence-electron chi connectivity index (χ0n) is 16.1. The van der Waals surface area contributed by atoms with E-state index in [0.717, 1.165) is 23.9 Å². The summed E-state index contributed by atoms with van der Waals surface area (Å²) in [6, 6.07) is 7.88. The van der Waals surface area contributed by atoms with E-state index in [-0.39, 0.29) is 12.3 Å². The van der Waals surface area contributed by atoms with Crippen LogP contribution in [0.1, 0.15) is 37.0 Å². The van der Waals surface area contributed by atoms with E-state index < -0.39 is 17.7 Å². The number of thioether (sulfide) groups is 1. The first-order valence-corrected chi connectivity index (χ1v) is 10.6. The summed E-state index contributed by atoms with van der Waals surface area (Å²) in [6.07, 6.45) is -0.894. The molecule has 2 aromatic rings. The number of hydrogen-bond donors (Lipinski definition) is 1. The van der Waals surface area contributed by atoms with E-state index in [4.69, 9.17) is 21.7 Å². The molecule has 1 aliphatic heterocycles. The van der Waals surface area contributed by atoms with Gasteiger partial charge in [0.05, 0.1) is 10.5 Å². The van der Waals surface area contributed by atoms with Crippen molar-refractivity contribution in [2.75, 3.05) is 6.54 Å². The lowest BCUT2D eigenvalue weighted by molar-refractivity contribution is -0.138. The summed E-state index contributed by atoms with van der Waals surface area (Å²) < 4.78 is 44.2. The highest BCUT2D eigenvalue weighted by Crippen LogP contribution is 2.35. The molecule has 1 fully saturated rings. The third-order valence-corrected chi connectivity index (χ3v) is 5.92. The van der Waals surface area contributed by atoms with Gasteiger partial charge in [-0.1, -0.05) is 42.5 Å². The molecule has 3 rings (SSSR count). The summed E-state index contributed by atoms with van der Waals surface area (Å²) in [5.74, 6) is -0.325. The van der Waals surface area contributed by atoms with Gasteiger partial charge in [0.1, 0.15) is 15.8 Å². The average molecular weight is 470 g/mol. The fraction of sp³-hybridized carbons (Fsp3) is 0.286. The van der Waals surface area contributed by atoms with E-state index in [1.54, 1.807) is 18.2 Å². The number of carbonyl (C=O) groups is 2. The number of unbranched alkanes of at least 4 members (excludes halogenated alkanes) is 2. The standard InChI is InChI=1S/C21H18F3NO4S2/c22-21(23,24)14-7-5-13(6-8-14)16-10-9-15(29-16)12-17-19(28)25(20(30)31-17)11-3-1-2-4-18(26)27/h5-10,12H,1-4,11H2,(H,26,27). The van der Waals surface area contributed by atoms with Gasteiger partial charge in [-0.05, 0) is 37.1 Å². The Morgan fingerprint density at radius 1 is 1.13 bits per heavy atom. The maximum absolute atomic E-state index is 12.7. The van der Waals surface area contributed by atoms with E-state index in [2.05, 4.69) is 0 Å². The second-order valence-corrected chi connectivity index (χ2v) is 8.49. The van der Waals surface area contributed by atoms with Crippen molar-refractivity contribution < 1.29 is 32.3 Å². The topological polar surface area (TPSA) is 70.8 Å². The van der Waals surface area contributed by atoms with Crippen molar-refractivity contribution in [1.29, 1.82) is 0 Å². The monoisotopic (exact) mass is 469 g/mol. The highest BCUT2D eigenvalue weighted by molar-refractivity contribution is 8.26. The molecule has 1 aromatic heterocycles. The highest BCUT2D eigenvalue weighted by Gasteiger charge is 2.32. The average Bonchev–Trinajstić information content (AvgIpc) is 3.27. The number of alkyl halides is 3. The van der Waals surface area contributed by atoms with Gasteiger partial charge in [0.25, 0.3) is 5.91 Å². The fourth-order valence-corrected chi connectivity index (χ4v) is 4.24. The zero-order valence-corrected chi connectivity index (χ0v) is 17.8. The fourth-order valence-electron chi connectivity index (χ4n) is 2.95. The van der Waals surface area contributed by atoms with E-state index in [1.807, 2.05) is 0 Å². The van der Waals surface area contributed by atoms with Crippen molar-refractivity contribution in [3.05, 3.63) is 52.6 Å². The van der Waals surface area contributed by atoms with Gasteiger partial charge in [0, 0.05) is 24.6 Å². The van der Waals surface area contributed by atoms with Crippen LogP contribution in [0.5, 0.6) is 0 Å². The van der Waals surface area contributed by atoms with Crippen LogP contribution in [-0.4, -0.2) is 32.7 Å². The molecule has 0 unspecified atom stereocenters. The van der Waals surface area contributed by atoms with E-state index in [9.17, 15) is 22.8 Å². The number of hydrogen-bond acceptors (Lipinski definition) is 5. The lowest BCUT2D eigenvalue weighted by Gasteiger charge is -2.13. The molecule has 0 aliphatic carbocycles. The molecule has 0 bridgehead atoms. The molecule has 10 heteroatoms. The molecule has 5 nitrogen and oxygen atoms in total. The number of rotatable bonds is 8. The highest BCUT2D eigenvalue weighted by atomic mass is 32.2. The Morgan fingerprint density at radius 3 is 2.48 bits per heavy atom. The molecule has 0 spiro atoms. The second kappa shape index (κ2) is 9.69. The Hall–Kier alpha value is -2.59. The molecule has 1 N–H and O–H groups in total. The molecular weight excluding hydrogens is 451 g/mol. The lowest BCUT2D eigenvalue weighted by Crippen LogP contribution is -2.29. The summed E-state index contributed by atoms with van der Waals surface area (Å²) in [4.78, 5) is 25.0. The van der Waals surface area contributed by atoms with E-state index in [0.29, 0.717) is 52.1 Å². The van der Waals surface area contributed by atoms with Crippen LogP contribution in [0, 0.1) is 0 Å². The maximum Gasteiger partial charge on any atom is 0.416 e. The lowest BCUT2D eigenvalue weighted by atomic mass is 10.1. The number of carbonyl (C=O) groups excluding carboxylic acids is 1. The Bertz CT molecular complexity index is 1010. The van der Waals surface area contributed by atoms with Crippen LogP contribution in [-0.2, 0) is 15.8 Å². The quantitative estimate of drug-likeness (QED) is 0.299. The predicted molar refractivity (Wildman–Crippen MR) is 115 cm³/mol. The van der Waals surface area contributed by atoms with Crippen LogP contribution in [0.15, 0.2) is 45.7 Å². The first-order valence-electron chi connectivity index (χ1n) is 9.40. The number of carboxylic acid groups (broad SMARTS) is 1. The number of carboxylic acids is 1. The summed E-state index contributed by atoms with van der Waals surface area (Å²) >= 11 is 6.41. The van der Waals surface area contributed by atoms with Gasteiger partial charge in [-0.25, -0.2) is 0 Å². The van der Waals surface area contributed by atoms with Crippen LogP contribution >= 0.6 is 24.0 Å². The number of halogens is 3. The van der Waals surface area contributed by atoms with Gasteiger partial charge < -0.3 is 9.52 Å². The molecule has 0 saturated carbocycles. The molecule has 1 amide bonds. The summed E-state index contributed by atoms with van der Waals surface area (Å²) in [5.41, 5.74) is -0.253. The number of nitrogens with zero attached hydrogens (tertiary/aromatic N) is 1. The number of amides is 1. The minimum Gasteiger partial charge on any atom is -0.481 e. The maximum atomic E-state index is 12.7. The normalized spacial score (nSPS) is 15.8. The first kappa shape index (κ1) is 23.1. The van der Waals surface area contributed by atoms with Crippen LogP contribution < -0.4 is 0 Å². The molecule has 0 radical (unpaired) electrons. The minimum absolute atomic E-state index is 0.0953. The van der Waals surface area contributed by atoms with Gasteiger partial charge in [0.2, 0.25) is 0 Å². The van der Waals surface area contributed by atoms with Crippen molar-refractivity contribution in [1.82, 2.24) is 4.90 Å². The third-order valence-electron chi connectivity index (χ3n) is 4.54. The van der Waals surface area contributed by atoms with Gasteiger partial charge in [0.15, 0.2) is 0 Å². The first-order chi connectivity index (χ1) is 14.6. The van der Waals surface area contributed by atoms with Crippen LogP contribution in [0.4, 0.5) is 13.2 Å². The van der Waals surface area contributed by atoms with Crippen LogP contribution in [0.2, 0.25) is 0 Å². The molecule has 164 valence electrons. The van der Waals surface area contributed by atoms with Crippen molar-refractivity contribution in [2.24, 2.45) is 0 Å². The SMILES string of the molecule is O=C(O)CCCCCN1C(=O)C(=Cc2ccc(-c3ccc(C(F)(F)F)cc3)o2)SC1=S. The van der Waals surface area contributed by atoms with Crippen molar-refractivity contribution in [2.45, 2.75) is 31.9 Å². The third kappa shape index (κ3) is 5.98. The molecule has 2 heterocycles. The summed E-state index contributed by atoms with van der Waals surface area (Å²) in [6.45, 7) is 0.413. The zero-order chi connectivity index (χ0) is 22.6. The summed E-state index contributed by atoms with van der Waals surface area (Å²) in [5, 5.41) is 8.65. The smallest absolute Gasteiger partial charge is 0.416 e. The number of thiocarbonyl (C=S) groups is 1. The summed E-state index contributed by atoms with van der Waals surface area (Å²) in [7, 11) is 0. The number of benzene rings is 1. The van der Waals surface area contributed by atoms with Crippen LogP contribution in [0.25, 0.3) is 17.4 Å². The van der Waals surface area contributed by atoms with Crippen molar-refractivity contribution in [3.63, 3.8) is 0 Å². The van der Waals surface area contributed by atoms with E-state index in [1.165, 1.54) is 17.0 Å². The molecule has 1 aliphatic rings. The molecular formula is C21H18F3NO4S2.